The molecule has 1 heterocycles. The van der Waals surface area contributed by atoms with E-state index in [-0.39, 0.29) is 41.4 Å². The van der Waals surface area contributed by atoms with Crippen LogP contribution in [0.3, 0.4) is 0 Å². The minimum Gasteiger partial charge on any atom is -0.322 e. The van der Waals surface area contributed by atoms with Gasteiger partial charge < -0.3 is 5.32 Å². The average Bonchev–Trinajstić information content (AvgIpc) is 3.35. The van der Waals surface area contributed by atoms with Crippen molar-refractivity contribution in [3.63, 3.8) is 0 Å². The summed E-state index contributed by atoms with van der Waals surface area (Å²) in [6.07, 6.45) is 3.09. The largest absolute Gasteiger partial charge is 0.322 e. The lowest BCUT2D eigenvalue weighted by atomic mass is 9.82. The van der Waals surface area contributed by atoms with Gasteiger partial charge in [0.1, 0.15) is 0 Å². The van der Waals surface area contributed by atoms with Crippen molar-refractivity contribution in [2.45, 2.75) is 27.2 Å². The maximum Gasteiger partial charge on any atom is 0.255 e. The van der Waals surface area contributed by atoms with E-state index in [1.54, 1.807) is 24.3 Å². The number of hydrogen-bond donors (Lipinski definition) is 1. The number of amides is 3. The highest BCUT2D eigenvalue weighted by Gasteiger charge is 2.60. The highest BCUT2D eigenvalue weighted by atomic mass is 16.2. The number of aryl methyl sites for hydroxylation is 2. The highest BCUT2D eigenvalue weighted by Crippen LogP contribution is 2.55. The highest BCUT2D eigenvalue weighted by molar-refractivity contribution is 6.23. The van der Waals surface area contributed by atoms with Gasteiger partial charge in [-0.2, -0.15) is 0 Å². The Labute approximate surface area is 175 Å². The second-order valence-electron chi connectivity index (χ2n) is 8.78. The quantitative estimate of drug-likeness (QED) is 0.618. The van der Waals surface area contributed by atoms with E-state index in [2.05, 4.69) is 18.3 Å². The van der Waals surface area contributed by atoms with Crippen molar-refractivity contribution in [2.24, 2.45) is 23.7 Å². The average molecular weight is 400 g/mol. The SMILES string of the molecule is CC1=C[C@@H]2C[C@@H]1[C@@H]1C(=O)N(c3ccc(C(=O)Nc4ccc(C)c(C)c4)cc3)C(=O)[C@@H]12. The van der Waals surface area contributed by atoms with Gasteiger partial charge in [-0.1, -0.05) is 17.7 Å². The second kappa shape index (κ2) is 6.66. The molecule has 0 spiro atoms. The molecule has 5 heteroatoms. The summed E-state index contributed by atoms with van der Waals surface area (Å²) in [6.45, 7) is 6.09. The number of fused-ring (bicyclic) bond motifs is 5. The van der Waals surface area contributed by atoms with Crippen molar-refractivity contribution < 1.29 is 14.4 Å². The van der Waals surface area contributed by atoms with Crippen LogP contribution in [0.1, 0.15) is 34.8 Å². The minimum atomic E-state index is -0.224. The zero-order chi connectivity index (χ0) is 21.2. The van der Waals surface area contributed by atoms with Gasteiger partial charge in [0.2, 0.25) is 11.8 Å². The van der Waals surface area contributed by atoms with Crippen molar-refractivity contribution in [3.8, 4) is 0 Å². The van der Waals surface area contributed by atoms with Crippen LogP contribution >= 0.6 is 0 Å². The molecule has 5 rings (SSSR count). The van der Waals surface area contributed by atoms with E-state index in [0.29, 0.717) is 11.3 Å². The Hall–Kier alpha value is -3.21. The third-order valence-corrected chi connectivity index (χ3v) is 7.03. The molecule has 2 fully saturated rings. The third kappa shape index (κ3) is 2.72. The lowest BCUT2D eigenvalue weighted by Gasteiger charge is -2.19. The molecule has 152 valence electrons. The Morgan fingerprint density at radius 2 is 1.63 bits per heavy atom. The fourth-order valence-corrected chi connectivity index (χ4v) is 5.31. The molecular weight excluding hydrogens is 376 g/mol. The molecule has 1 aliphatic heterocycles. The molecule has 30 heavy (non-hydrogen) atoms. The number of rotatable bonds is 3. The summed E-state index contributed by atoms with van der Waals surface area (Å²) in [6, 6.07) is 12.5. The van der Waals surface area contributed by atoms with Crippen molar-refractivity contribution in [1.29, 1.82) is 0 Å². The van der Waals surface area contributed by atoms with Crippen molar-refractivity contribution in [2.75, 3.05) is 10.2 Å². The summed E-state index contributed by atoms with van der Waals surface area (Å²) in [7, 11) is 0. The van der Waals surface area contributed by atoms with Crippen LogP contribution in [-0.2, 0) is 9.59 Å². The van der Waals surface area contributed by atoms with Crippen molar-refractivity contribution >= 4 is 29.1 Å². The first-order chi connectivity index (χ1) is 14.3. The van der Waals surface area contributed by atoms with Crippen LogP contribution < -0.4 is 10.2 Å². The molecule has 1 saturated heterocycles. The lowest BCUT2D eigenvalue weighted by molar-refractivity contribution is -0.123. The van der Waals surface area contributed by atoms with Gasteiger partial charge >= 0.3 is 0 Å². The number of anilines is 2. The number of carbonyl (C=O) groups is 3. The van der Waals surface area contributed by atoms with Gasteiger partial charge in [-0.15, -0.1) is 0 Å². The molecule has 2 aromatic rings. The van der Waals surface area contributed by atoms with Crippen LogP contribution in [0.2, 0.25) is 0 Å². The number of allylic oxidation sites excluding steroid dienone is 2. The number of nitrogens with zero attached hydrogens (tertiary/aromatic N) is 1. The van der Waals surface area contributed by atoms with Crippen molar-refractivity contribution in [3.05, 3.63) is 70.8 Å². The molecule has 3 aliphatic rings. The van der Waals surface area contributed by atoms with E-state index in [1.807, 2.05) is 32.0 Å². The first kappa shape index (κ1) is 18.8. The summed E-state index contributed by atoms with van der Waals surface area (Å²) in [4.78, 5) is 40.0. The summed E-state index contributed by atoms with van der Waals surface area (Å²) < 4.78 is 0. The van der Waals surface area contributed by atoms with Gasteiger partial charge in [-0.05, 0) is 86.6 Å². The summed E-state index contributed by atoms with van der Waals surface area (Å²) in [5, 5.41) is 2.90. The molecule has 0 unspecified atom stereocenters. The first-order valence-corrected chi connectivity index (χ1v) is 10.4. The molecule has 1 saturated carbocycles. The Morgan fingerprint density at radius 3 is 2.33 bits per heavy atom. The topological polar surface area (TPSA) is 66.5 Å². The van der Waals surface area contributed by atoms with E-state index >= 15 is 0 Å². The summed E-state index contributed by atoms with van der Waals surface area (Å²) in [5.41, 5.74) is 5.28. The number of benzene rings is 2. The Kier molecular flexibility index (Phi) is 4.17. The summed E-state index contributed by atoms with van der Waals surface area (Å²) >= 11 is 0. The second-order valence-corrected chi connectivity index (χ2v) is 8.78. The zero-order valence-electron chi connectivity index (χ0n) is 17.3. The monoisotopic (exact) mass is 400 g/mol. The fourth-order valence-electron chi connectivity index (χ4n) is 5.31. The standard InChI is InChI=1S/C25H24N2O3/c1-13-4-7-18(11-14(13)2)26-23(28)16-5-8-19(9-6-16)27-24(29)21-17-10-15(3)20(12-17)22(21)25(27)30/h4-11,17,20-22H,12H2,1-3H3,(H,26,28)/t17-,20+,21-,22+/m1/s1. The number of nitrogens with one attached hydrogen (secondary N) is 1. The molecule has 0 aromatic heterocycles. The van der Waals surface area contributed by atoms with E-state index in [1.165, 1.54) is 16.0 Å². The van der Waals surface area contributed by atoms with Gasteiger partial charge in [0.25, 0.3) is 5.91 Å². The summed E-state index contributed by atoms with van der Waals surface area (Å²) in [5.74, 6) is -0.488. The Bertz CT molecular complexity index is 1120. The predicted octanol–water partition coefficient (Wildman–Crippen LogP) is 4.26. The van der Waals surface area contributed by atoms with E-state index in [9.17, 15) is 14.4 Å². The van der Waals surface area contributed by atoms with E-state index in [0.717, 1.165) is 17.7 Å². The van der Waals surface area contributed by atoms with Gasteiger partial charge in [0, 0.05) is 11.3 Å². The zero-order valence-corrected chi connectivity index (χ0v) is 17.3. The first-order valence-electron chi connectivity index (χ1n) is 10.4. The van der Waals surface area contributed by atoms with Crippen LogP contribution in [0.15, 0.2) is 54.1 Å². The molecule has 2 aliphatic carbocycles. The minimum absolute atomic E-state index is 0.0997. The maximum atomic E-state index is 13.1. The number of carbonyl (C=O) groups excluding carboxylic acids is 3. The number of imide groups is 1. The lowest BCUT2D eigenvalue weighted by Crippen LogP contribution is -2.33. The molecular formula is C25H24N2O3. The molecule has 2 bridgehead atoms. The van der Waals surface area contributed by atoms with Gasteiger partial charge in [-0.25, -0.2) is 0 Å². The third-order valence-electron chi connectivity index (χ3n) is 7.03. The van der Waals surface area contributed by atoms with E-state index < -0.39 is 0 Å². The smallest absolute Gasteiger partial charge is 0.255 e. The molecule has 0 radical (unpaired) electrons. The molecule has 4 atom stereocenters. The van der Waals surface area contributed by atoms with Gasteiger partial charge in [0.05, 0.1) is 17.5 Å². The van der Waals surface area contributed by atoms with Crippen LogP contribution in [0, 0.1) is 37.5 Å². The fraction of sp³-hybridized carbons (Fsp3) is 0.320. The predicted molar refractivity (Wildman–Crippen MR) is 115 cm³/mol. The molecule has 3 amide bonds. The molecule has 2 aromatic carbocycles. The Balaban J connectivity index is 1.34. The number of hydrogen-bond acceptors (Lipinski definition) is 3. The van der Waals surface area contributed by atoms with Gasteiger partial charge in [-0.3, -0.25) is 19.3 Å². The van der Waals surface area contributed by atoms with Gasteiger partial charge in [0.15, 0.2) is 0 Å². The van der Waals surface area contributed by atoms with Crippen LogP contribution in [0.4, 0.5) is 11.4 Å². The normalized spacial score (nSPS) is 26.8. The molecule has 5 nitrogen and oxygen atoms in total. The van der Waals surface area contributed by atoms with E-state index in [4.69, 9.17) is 0 Å². The van der Waals surface area contributed by atoms with Crippen LogP contribution in [0.5, 0.6) is 0 Å². The van der Waals surface area contributed by atoms with Crippen LogP contribution in [-0.4, -0.2) is 17.7 Å². The van der Waals surface area contributed by atoms with Crippen molar-refractivity contribution in [1.82, 2.24) is 0 Å². The maximum absolute atomic E-state index is 13.1. The molecule has 1 N–H and O–H groups in total. The van der Waals surface area contributed by atoms with Crippen LogP contribution in [0.25, 0.3) is 0 Å². The Morgan fingerprint density at radius 1 is 0.933 bits per heavy atom.